The lowest BCUT2D eigenvalue weighted by Crippen LogP contribution is -2.42. The number of hydrogen-bond acceptors (Lipinski definition) is 4. The van der Waals surface area contributed by atoms with Crippen molar-refractivity contribution in [2.45, 2.75) is 31.1 Å². The summed E-state index contributed by atoms with van der Waals surface area (Å²) in [5.74, 6) is -0.361. The largest absolute Gasteiger partial charge is 0.341 e. The minimum atomic E-state index is -0.321. The Morgan fingerprint density at radius 2 is 1.88 bits per heavy atom. The molecule has 1 aliphatic rings. The van der Waals surface area contributed by atoms with Crippen LogP contribution in [0, 0.1) is 5.82 Å². The summed E-state index contributed by atoms with van der Waals surface area (Å²) in [4.78, 5) is 24.4. The van der Waals surface area contributed by atoms with E-state index in [0.29, 0.717) is 18.6 Å². The maximum absolute atomic E-state index is 13.7. The van der Waals surface area contributed by atoms with Crippen molar-refractivity contribution >= 4 is 17.1 Å². The number of nitrogens with zero attached hydrogens (tertiary/aromatic N) is 4. The summed E-state index contributed by atoms with van der Waals surface area (Å²) in [5.41, 5.74) is 4.24. The van der Waals surface area contributed by atoms with Gasteiger partial charge in [0.25, 0.3) is 0 Å². The van der Waals surface area contributed by atoms with E-state index >= 15 is 0 Å². The van der Waals surface area contributed by atoms with Crippen LogP contribution < -0.4 is 0 Å². The summed E-state index contributed by atoms with van der Waals surface area (Å²) in [7, 11) is 0. The first kappa shape index (κ1) is 20.3. The van der Waals surface area contributed by atoms with E-state index in [0.717, 1.165) is 41.7 Å². The summed E-state index contributed by atoms with van der Waals surface area (Å²) >= 11 is 0. The Bertz CT molecular complexity index is 1210. The third kappa shape index (κ3) is 4.10. The zero-order chi connectivity index (χ0) is 21.9. The van der Waals surface area contributed by atoms with Crippen LogP contribution in [-0.2, 0) is 11.2 Å². The first-order chi connectivity index (χ1) is 15.7. The number of fused-ring (bicyclic) bond motifs is 1. The lowest BCUT2D eigenvalue weighted by atomic mass is 9.88. The molecular formula is C25H24FN5O. The minimum Gasteiger partial charge on any atom is -0.341 e. The van der Waals surface area contributed by atoms with Gasteiger partial charge in [-0.1, -0.05) is 42.5 Å². The van der Waals surface area contributed by atoms with Gasteiger partial charge >= 0.3 is 0 Å². The predicted octanol–water partition coefficient (Wildman–Crippen LogP) is 4.22. The Morgan fingerprint density at radius 1 is 1.09 bits per heavy atom. The van der Waals surface area contributed by atoms with Crippen LogP contribution in [0.1, 0.15) is 41.5 Å². The van der Waals surface area contributed by atoms with Crippen molar-refractivity contribution < 1.29 is 9.18 Å². The maximum atomic E-state index is 13.7. The molecule has 2 aromatic carbocycles. The molecule has 0 unspecified atom stereocenters. The lowest BCUT2D eigenvalue weighted by molar-refractivity contribution is -0.134. The Labute approximate surface area is 185 Å². The second-order valence-corrected chi connectivity index (χ2v) is 8.28. The molecule has 2 atom stereocenters. The van der Waals surface area contributed by atoms with Gasteiger partial charge in [0.1, 0.15) is 11.3 Å². The zero-order valence-corrected chi connectivity index (χ0v) is 17.6. The quantitative estimate of drug-likeness (QED) is 0.515. The molecule has 162 valence electrons. The third-order valence-corrected chi connectivity index (χ3v) is 6.21. The second-order valence-electron chi connectivity index (χ2n) is 8.28. The van der Waals surface area contributed by atoms with E-state index in [1.165, 1.54) is 12.1 Å². The van der Waals surface area contributed by atoms with Crippen molar-refractivity contribution in [3.63, 3.8) is 0 Å². The van der Waals surface area contributed by atoms with Crippen molar-refractivity contribution in [2.75, 3.05) is 13.1 Å². The van der Waals surface area contributed by atoms with Crippen molar-refractivity contribution in [3.8, 4) is 0 Å². The van der Waals surface area contributed by atoms with Crippen LogP contribution in [0.2, 0.25) is 0 Å². The molecule has 4 aromatic rings. The monoisotopic (exact) mass is 429 g/mol. The number of H-pyrrole nitrogens is 1. The van der Waals surface area contributed by atoms with Crippen LogP contribution in [0.3, 0.4) is 0 Å². The molecule has 1 fully saturated rings. The number of benzene rings is 2. The number of rotatable bonds is 5. The number of likely N-dealkylation sites (tertiary alicyclic amines) is 1. The Morgan fingerprint density at radius 3 is 2.69 bits per heavy atom. The fourth-order valence-corrected chi connectivity index (χ4v) is 4.58. The van der Waals surface area contributed by atoms with Crippen LogP contribution in [0.5, 0.6) is 0 Å². The number of amides is 1. The fourth-order valence-electron chi connectivity index (χ4n) is 4.58. The molecule has 6 nitrogen and oxygen atoms in total. The molecule has 0 spiro atoms. The summed E-state index contributed by atoms with van der Waals surface area (Å²) in [6, 6.07) is 16.2. The van der Waals surface area contributed by atoms with E-state index in [9.17, 15) is 9.18 Å². The predicted molar refractivity (Wildman–Crippen MR) is 120 cm³/mol. The van der Waals surface area contributed by atoms with Crippen LogP contribution in [0.15, 0.2) is 67.0 Å². The molecule has 1 aliphatic heterocycles. The Hall–Kier alpha value is -3.61. The number of aromatic amines is 1. The molecule has 0 bridgehead atoms. The van der Waals surface area contributed by atoms with Crippen molar-refractivity contribution in [3.05, 3.63) is 89.6 Å². The molecule has 1 N–H and O–H groups in total. The van der Waals surface area contributed by atoms with Crippen LogP contribution in [0.4, 0.5) is 4.39 Å². The van der Waals surface area contributed by atoms with Gasteiger partial charge in [-0.05, 0) is 42.5 Å². The Balaban J connectivity index is 1.40. The van der Waals surface area contributed by atoms with Crippen molar-refractivity contribution in [1.82, 2.24) is 25.1 Å². The molecular weight excluding hydrogens is 405 g/mol. The first-order valence-corrected chi connectivity index (χ1v) is 10.9. The average Bonchev–Trinajstić information content (AvgIpc) is 3.28. The highest BCUT2D eigenvalue weighted by atomic mass is 19.1. The summed E-state index contributed by atoms with van der Waals surface area (Å²) in [6.07, 6.45) is 5.70. The highest BCUT2D eigenvalue weighted by molar-refractivity contribution is 5.84. The topological polar surface area (TPSA) is 74.8 Å². The van der Waals surface area contributed by atoms with Gasteiger partial charge in [0.15, 0.2) is 5.65 Å². The number of carbonyl (C=O) groups is 1. The minimum absolute atomic E-state index is 0.0973. The molecule has 0 saturated carbocycles. The SMILES string of the molecule is O=C([C@H](Cc1ccc(F)cc1)c1ccccc1)N1CCC[C@@H](c2[nH]nc3nccnc23)C1. The van der Waals surface area contributed by atoms with Gasteiger partial charge in [0, 0.05) is 31.4 Å². The van der Waals surface area contributed by atoms with Crippen LogP contribution >= 0.6 is 0 Å². The molecule has 0 radical (unpaired) electrons. The maximum Gasteiger partial charge on any atom is 0.230 e. The molecule has 0 aliphatic carbocycles. The highest BCUT2D eigenvalue weighted by Gasteiger charge is 2.32. The van der Waals surface area contributed by atoms with E-state index in [-0.39, 0.29) is 23.6 Å². The standard InChI is InChI=1S/C25H24FN5O/c26-20-10-8-17(9-11-20)15-21(18-5-2-1-3-6-18)25(32)31-14-4-7-19(16-31)22-23-24(30-29-22)28-13-12-27-23/h1-3,5-6,8-13,19,21H,4,7,14-16H2,(H,28,29,30)/t19-,21-/m1/s1. The van der Waals surface area contributed by atoms with Gasteiger partial charge in [0.05, 0.1) is 11.6 Å². The molecule has 32 heavy (non-hydrogen) atoms. The molecule has 7 heteroatoms. The lowest BCUT2D eigenvalue weighted by Gasteiger charge is -2.35. The van der Waals surface area contributed by atoms with Crippen molar-refractivity contribution in [1.29, 1.82) is 0 Å². The van der Waals surface area contributed by atoms with E-state index in [2.05, 4.69) is 20.2 Å². The summed E-state index contributed by atoms with van der Waals surface area (Å²) in [5, 5.41) is 7.38. The van der Waals surface area contributed by atoms with Gasteiger partial charge < -0.3 is 4.90 Å². The average molecular weight is 429 g/mol. The second kappa shape index (κ2) is 8.86. The number of aromatic nitrogens is 4. The van der Waals surface area contributed by atoms with Gasteiger partial charge in [0.2, 0.25) is 5.91 Å². The third-order valence-electron chi connectivity index (χ3n) is 6.21. The summed E-state index contributed by atoms with van der Waals surface area (Å²) in [6.45, 7) is 1.33. The first-order valence-electron chi connectivity index (χ1n) is 10.9. The van der Waals surface area contributed by atoms with Gasteiger partial charge in [-0.2, -0.15) is 5.10 Å². The molecule has 1 saturated heterocycles. The highest BCUT2D eigenvalue weighted by Crippen LogP contribution is 2.32. The normalized spacial score (nSPS) is 17.4. The number of nitrogens with one attached hydrogen (secondary N) is 1. The van der Waals surface area contributed by atoms with E-state index < -0.39 is 0 Å². The van der Waals surface area contributed by atoms with Crippen molar-refractivity contribution in [2.24, 2.45) is 0 Å². The molecule has 2 aromatic heterocycles. The van der Waals surface area contributed by atoms with E-state index in [1.54, 1.807) is 24.5 Å². The van der Waals surface area contributed by atoms with E-state index in [1.807, 2.05) is 35.2 Å². The number of hydrogen-bond donors (Lipinski definition) is 1. The van der Waals surface area contributed by atoms with Gasteiger partial charge in [-0.25, -0.2) is 14.4 Å². The number of halogens is 1. The Kier molecular flexibility index (Phi) is 5.62. The fraction of sp³-hybridized carbons (Fsp3) is 0.280. The summed E-state index contributed by atoms with van der Waals surface area (Å²) < 4.78 is 13.4. The molecule has 5 rings (SSSR count). The smallest absolute Gasteiger partial charge is 0.230 e. The van der Waals surface area contributed by atoms with Crippen LogP contribution in [-0.4, -0.2) is 44.1 Å². The van der Waals surface area contributed by atoms with Gasteiger partial charge in [-0.3, -0.25) is 9.89 Å². The number of carbonyl (C=O) groups excluding carboxylic acids is 1. The van der Waals surface area contributed by atoms with Gasteiger partial charge in [-0.15, -0.1) is 0 Å². The van der Waals surface area contributed by atoms with E-state index in [4.69, 9.17) is 0 Å². The molecule has 1 amide bonds. The molecule has 3 heterocycles. The zero-order valence-electron chi connectivity index (χ0n) is 17.6. The van der Waals surface area contributed by atoms with Crippen LogP contribution in [0.25, 0.3) is 11.2 Å². The number of piperidine rings is 1.